The number of sulfonamides is 1. The minimum atomic E-state index is -4.36. The lowest BCUT2D eigenvalue weighted by molar-refractivity contribution is -0.0273. The van der Waals surface area contributed by atoms with Crippen LogP contribution in [0.2, 0.25) is 0 Å². The summed E-state index contributed by atoms with van der Waals surface area (Å²) in [5, 5.41) is 0. The molecule has 6 rings (SSSR count). The van der Waals surface area contributed by atoms with Crippen molar-refractivity contribution in [3.05, 3.63) is 60.3 Å². The van der Waals surface area contributed by atoms with Crippen LogP contribution < -0.4 is 15.2 Å². The number of halogens is 2. The molecule has 4 aromatic rings. The number of nitrogens with two attached hydrogens (primary N) is 1. The van der Waals surface area contributed by atoms with Gasteiger partial charge in [0, 0.05) is 43.1 Å². The Morgan fingerprint density at radius 1 is 1.07 bits per heavy atom. The summed E-state index contributed by atoms with van der Waals surface area (Å²) in [6.45, 7) is 4.14. The molecule has 10 nitrogen and oxygen atoms in total. The lowest BCUT2D eigenvalue weighted by Crippen LogP contribution is -2.53. The Labute approximate surface area is 242 Å². The van der Waals surface area contributed by atoms with E-state index in [1.807, 2.05) is 22.8 Å². The van der Waals surface area contributed by atoms with Gasteiger partial charge in [-0.05, 0) is 74.7 Å². The first kappa shape index (κ1) is 28.3. The average Bonchev–Trinajstić information content (AvgIpc) is 3.63. The van der Waals surface area contributed by atoms with Gasteiger partial charge < -0.3 is 19.8 Å². The zero-order valence-electron chi connectivity index (χ0n) is 23.1. The Balaban J connectivity index is 1.38. The van der Waals surface area contributed by atoms with Crippen LogP contribution in [0.1, 0.15) is 25.7 Å². The molecule has 3 N–H and O–H groups in total. The summed E-state index contributed by atoms with van der Waals surface area (Å²) in [5.74, 6) is -1.63. The first-order valence-electron chi connectivity index (χ1n) is 13.8. The van der Waals surface area contributed by atoms with Crippen LogP contribution in [0.15, 0.2) is 53.6 Å². The van der Waals surface area contributed by atoms with Crippen LogP contribution in [0.5, 0.6) is 5.88 Å². The highest BCUT2D eigenvalue weighted by Gasteiger charge is 2.40. The van der Waals surface area contributed by atoms with Crippen molar-refractivity contribution in [3.63, 3.8) is 0 Å². The van der Waals surface area contributed by atoms with E-state index in [-0.39, 0.29) is 16.3 Å². The summed E-state index contributed by atoms with van der Waals surface area (Å²) in [4.78, 5) is 11.1. The molecule has 0 radical (unpaired) electrons. The molecule has 42 heavy (non-hydrogen) atoms. The number of methoxy groups -OCH3 is 1. The Hall–Kier alpha value is -3.81. The number of nitrogens with zero attached hydrogens (tertiary/aromatic N) is 4. The standard InChI is InChI=1S/C29H32F2N6O4S/c1-40-27-26(42(38,39)35-23-7-5-21(30)16-22(23)31)15-20(17-33-27)19-4-6-24-25(14-19)37(28(32)34-24)18-29(8-12-41-13-9-29)36-10-2-3-11-36/h4-7,14-17,35H,2-3,8-13,18H2,1H3,(H2,32,34). The van der Waals surface area contributed by atoms with Crippen LogP contribution in [0.3, 0.4) is 0 Å². The summed E-state index contributed by atoms with van der Waals surface area (Å²) in [6, 6.07) is 9.56. The highest BCUT2D eigenvalue weighted by molar-refractivity contribution is 7.92. The third-order valence-electron chi connectivity index (χ3n) is 8.24. The van der Waals surface area contributed by atoms with Gasteiger partial charge >= 0.3 is 0 Å². The first-order chi connectivity index (χ1) is 20.2. The van der Waals surface area contributed by atoms with E-state index < -0.39 is 27.3 Å². The summed E-state index contributed by atoms with van der Waals surface area (Å²) in [7, 11) is -3.07. The third kappa shape index (κ3) is 5.27. The molecular formula is C29H32F2N6O4S. The van der Waals surface area contributed by atoms with E-state index in [0.29, 0.717) is 42.9 Å². The van der Waals surface area contributed by atoms with Crippen LogP contribution in [0, 0.1) is 11.6 Å². The number of nitrogens with one attached hydrogen (secondary N) is 1. The van der Waals surface area contributed by atoms with Gasteiger partial charge in [-0.2, -0.15) is 0 Å². The number of imidazole rings is 1. The highest BCUT2D eigenvalue weighted by atomic mass is 32.2. The quantitative estimate of drug-likeness (QED) is 0.306. The molecule has 4 heterocycles. The number of hydrogen-bond donors (Lipinski definition) is 2. The first-order valence-corrected chi connectivity index (χ1v) is 15.3. The fraction of sp³-hybridized carbons (Fsp3) is 0.379. The van der Waals surface area contributed by atoms with Crippen LogP contribution >= 0.6 is 0 Å². The number of rotatable bonds is 8. The highest BCUT2D eigenvalue weighted by Crippen LogP contribution is 2.36. The van der Waals surface area contributed by atoms with Crippen LogP contribution in [0.25, 0.3) is 22.2 Å². The van der Waals surface area contributed by atoms with E-state index in [2.05, 4.69) is 19.6 Å². The minimum Gasteiger partial charge on any atom is -0.480 e. The van der Waals surface area contributed by atoms with Crippen LogP contribution in [-0.4, -0.2) is 66.8 Å². The molecule has 0 bridgehead atoms. The number of hydrogen-bond acceptors (Lipinski definition) is 8. The van der Waals surface area contributed by atoms with E-state index in [9.17, 15) is 17.2 Å². The molecule has 2 aromatic heterocycles. The fourth-order valence-corrected chi connectivity index (χ4v) is 7.22. The molecule has 2 aromatic carbocycles. The third-order valence-corrected chi connectivity index (χ3v) is 9.60. The van der Waals surface area contributed by atoms with E-state index in [0.717, 1.165) is 49.1 Å². The molecule has 0 atom stereocenters. The number of aromatic nitrogens is 3. The predicted molar refractivity (Wildman–Crippen MR) is 155 cm³/mol. The zero-order valence-corrected chi connectivity index (χ0v) is 24.0. The maximum atomic E-state index is 14.3. The Kier molecular flexibility index (Phi) is 7.50. The van der Waals surface area contributed by atoms with Gasteiger partial charge in [-0.1, -0.05) is 6.07 Å². The topological polar surface area (TPSA) is 125 Å². The second-order valence-electron chi connectivity index (χ2n) is 10.8. The Morgan fingerprint density at radius 2 is 1.83 bits per heavy atom. The second kappa shape index (κ2) is 11.1. The van der Waals surface area contributed by atoms with Crippen molar-refractivity contribution in [2.24, 2.45) is 0 Å². The number of likely N-dealkylation sites (tertiary alicyclic amines) is 1. The second-order valence-corrected chi connectivity index (χ2v) is 12.4. The maximum Gasteiger partial charge on any atom is 0.267 e. The average molecular weight is 599 g/mol. The van der Waals surface area contributed by atoms with Crippen molar-refractivity contribution in [2.75, 3.05) is 43.9 Å². The Bertz CT molecular complexity index is 1730. The largest absolute Gasteiger partial charge is 0.480 e. The van der Waals surface area contributed by atoms with Crippen molar-refractivity contribution in [2.45, 2.75) is 42.7 Å². The number of benzene rings is 2. The van der Waals surface area contributed by atoms with E-state index >= 15 is 0 Å². The lowest BCUT2D eigenvalue weighted by atomic mass is 9.87. The smallest absolute Gasteiger partial charge is 0.267 e. The van der Waals surface area contributed by atoms with Gasteiger partial charge in [-0.15, -0.1) is 0 Å². The van der Waals surface area contributed by atoms with Gasteiger partial charge in [0.1, 0.15) is 16.5 Å². The van der Waals surface area contributed by atoms with Gasteiger partial charge in [0.2, 0.25) is 11.8 Å². The summed E-state index contributed by atoms with van der Waals surface area (Å²) < 4.78 is 69.4. The molecule has 13 heteroatoms. The molecule has 0 spiro atoms. The zero-order chi connectivity index (χ0) is 29.5. The summed E-state index contributed by atoms with van der Waals surface area (Å²) in [6.07, 6.45) is 5.65. The molecule has 0 saturated carbocycles. The SMILES string of the molecule is COc1ncc(-c2ccc3nc(N)n(CC4(N5CCCC5)CCOCC4)c3c2)cc1S(=O)(=O)Nc1ccc(F)cc1F. The number of anilines is 2. The monoisotopic (exact) mass is 598 g/mol. The van der Waals surface area contributed by atoms with E-state index in [1.54, 1.807) is 0 Å². The summed E-state index contributed by atoms with van der Waals surface area (Å²) >= 11 is 0. The molecule has 2 aliphatic rings. The van der Waals surface area contributed by atoms with Crippen LogP contribution in [0.4, 0.5) is 20.4 Å². The molecular weight excluding hydrogens is 566 g/mol. The number of pyridine rings is 1. The minimum absolute atomic E-state index is 0.0866. The molecule has 222 valence electrons. The summed E-state index contributed by atoms with van der Waals surface area (Å²) in [5.41, 5.74) is 8.70. The lowest BCUT2D eigenvalue weighted by Gasteiger charge is -2.45. The Morgan fingerprint density at radius 3 is 2.55 bits per heavy atom. The van der Waals surface area contributed by atoms with Gasteiger partial charge in [0.25, 0.3) is 10.0 Å². The molecule has 2 saturated heterocycles. The molecule has 2 aliphatic heterocycles. The van der Waals surface area contributed by atoms with Crippen molar-refractivity contribution in [1.29, 1.82) is 0 Å². The normalized spacial score (nSPS) is 17.5. The van der Waals surface area contributed by atoms with Gasteiger partial charge in [-0.25, -0.2) is 27.2 Å². The van der Waals surface area contributed by atoms with E-state index in [4.69, 9.17) is 15.2 Å². The molecule has 0 aliphatic carbocycles. The number of nitrogen functional groups attached to an aromatic ring is 1. The number of fused-ring (bicyclic) bond motifs is 1. The van der Waals surface area contributed by atoms with Crippen LogP contribution in [-0.2, 0) is 21.3 Å². The van der Waals surface area contributed by atoms with Crippen molar-refractivity contribution >= 4 is 32.7 Å². The van der Waals surface area contributed by atoms with Gasteiger partial charge in [0.15, 0.2) is 0 Å². The fourth-order valence-electron chi connectivity index (χ4n) is 6.01. The molecule has 0 unspecified atom stereocenters. The predicted octanol–water partition coefficient (Wildman–Crippen LogP) is 4.41. The van der Waals surface area contributed by atoms with Gasteiger partial charge in [0.05, 0.1) is 23.8 Å². The van der Waals surface area contributed by atoms with Crippen molar-refractivity contribution in [1.82, 2.24) is 19.4 Å². The molecule has 0 amide bonds. The molecule has 2 fully saturated rings. The van der Waals surface area contributed by atoms with Crippen molar-refractivity contribution in [3.8, 4) is 17.0 Å². The van der Waals surface area contributed by atoms with Crippen molar-refractivity contribution < 1.29 is 26.7 Å². The van der Waals surface area contributed by atoms with E-state index in [1.165, 1.54) is 32.2 Å². The van der Waals surface area contributed by atoms with Gasteiger partial charge in [-0.3, -0.25) is 9.62 Å². The maximum absolute atomic E-state index is 14.3. The number of ether oxygens (including phenoxy) is 2.